The van der Waals surface area contributed by atoms with Crippen LogP contribution in [0.4, 0.5) is 5.69 Å². The number of aromatic hydroxyl groups is 1. The van der Waals surface area contributed by atoms with Gasteiger partial charge in [-0.2, -0.15) is 0 Å². The van der Waals surface area contributed by atoms with Crippen molar-refractivity contribution in [1.82, 2.24) is 4.90 Å². The molecule has 0 aromatic heterocycles. The van der Waals surface area contributed by atoms with Gasteiger partial charge >= 0.3 is 5.97 Å². The van der Waals surface area contributed by atoms with Gasteiger partial charge in [0, 0.05) is 17.6 Å². The summed E-state index contributed by atoms with van der Waals surface area (Å²) in [5.41, 5.74) is 1.13. The zero-order chi connectivity index (χ0) is 18.8. The van der Waals surface area contributed by atoms with Crippen molar-refractivity contribution in [2.45, 2.75) is 0 Å². The molecular formula is C18H13ClN2O4S. The van der Waals surface area contributed by atoms with E-state index in [2.05, 4.69) is 4.99 Å². The van der Waals surface area contributed by atoms with Crippen LogP contribution in [0.15, 0.2) is 52.4 Å². The maximum absolute atomic E-state index is 12.4. The van der Waals surface area contributed by atoms with Crippen LogP contribution in [0.3, 0.4) is 0 Å². The molecule has 0 aliphatic carbocycles. The number of aromatic carboxylic acids is 1. The molecule has 0 saturated carbocycles. The summed E-state index contributed by atoms with van der Waals surface area (Å²) < 4.78 is 0. The molecule has 0 spiro atoms. The number of aliphatic imine (C=N–C) groups is 1. The van der Waals surface area contributed by atoms with Crippen LogP contribution in [0.2, 0.25) is 5.02 Å². The first kappa shape index (κ1) is 18.0. The molecule has 26 heavy (non-hydrogen) atoms. The number of amides is 1. The Kier molecular flexibility index (Phi) is 5.01. The van der Waals surface area contributed by atoms with E-state index >= 15 is 0 Å². The van der Waals surface area contributed by atoms with Crippen molar-refractivity contribution in [3.8, 4) is 5.75 Å². The van der Waals surface area contributed by atoms with Crippen LogP contribution in [-0.4, -0.2) is 39.2 Å². The van der Waals surface area contributed by atoms with Crippen molar-refractivity contribution < 1.29 is 19.8 Å². The molecular weight excluding hydrogens is 376 g/mol. The van der Waals surface area contributed by atoms with Crippen LogP contribution in [0.1, 0.15) is 15.9 Å². The SMILES string of the molecule is CN1C(=O)/C(=C/c2cc(Cl)ccc2O)SC1=Nc1ccc(C(=O)O)cc1. The molecule has 0 bridgehead atoms. The minimum atomic E-state index is -1.02. The molecule has 0 atom stereocenters. The molecule has 1 saturated heterocycles. The second-order valence-electron chi connectivity index (χ2n) is 5.42. The van der Waals surface area contributed by atoms with Gasteiger partial charge in [0.05, 0.1) is 16.2 Å². The second-order valence-corrected chi connectivity index (χ2v) is 6.87. The standard InChI is InChI=1S/C18H13ClN2O4S/c1-21-16(23)15(9-11-8-12(19)4-7-14(11)22)26-18(21)20-13-5-2-10(3-6-13)17(24)25/h2-9,22H,1H3,(H,24,25)/b15-9-,20-18?. The van der Waals surface area contributed by atoms with Crippen LogP contribution in [0.5, 0.6) is 5.75 Å². The first-order valence-electron chi connectivity index (χ1n) is 7.43. The number of nitrogens with zero attached hydrogens (tertiary/aromatic N) is 2. The summed E-state index contributed by atoms with van der Waals surface area (Å²) in [6.07, 6.45) is 1.56. The number of carboxylic acids is 1. The number of carbonyl (C=O) groups is 2. The van der Waals surface area contributed by atoms with Crippen molar-refractivity contribution >= 4 is 52.2 Å². The zero-order valence-electron chi connectivity index (χ0n) is 13.5. The third kappa shape index (κ3) is 3.74. The average molecular weight is 389 g/mol. The third-order valence-corrected chi connectivity index (χ3v) is 4.91. The number of phenolic OH excluding ortho intramolecular Hbond substituents is 1. The van der Waals surface area contributed by atoms with E-state index in [9.17, 15) is 14.7 Å². The number of carbonyl (C=O) groups excluding carboxylic acids is 1. The minimum absolute atomic E-state index is 0.0209. The normalized spacial score (nSPS) is 17.3. The Morgan fingerprint density at radius 3 is 2.58 bits per heavy atom. The Hall–Kier alpha value is -2.77. The number of amidine groups is 1. The van der Waals surface area contributed by atoms with E-state index in [4.69, 9.17) is 16.7 Å². The average Bonchev–Trinajstić information content (AvgIpc) is 2.86. The second kappa shape index (κ2) is 7.23. The molecule has 2 aromatic carbocycles. The Bertz CT molecular complexity index is 954. The maximum atomic E-state index is 12.4. The largest absolute Gasteiger partial charge is 0.507 e. The van der Waals surface area contributed by atoms with E-state index in [1.165, 1.54) is 23.1 Å². The van der Waals surface area contributed by atoms with Gasteiger partial charge in [-0.3, -0.25) is 9.69 Å². The van der Waals surface area contributed by atoms with E-state index in [0.717, 1.165) is 11.8 Å². The molecule has 132 valence electrons. The monoisotopic (exact) mass is 388 g/mol. The van der Waals surface area contributed by atoms with Gasteiger partial charge in [-0.25, -0.2) is 9.79 Å². The summed E-state index contributed by atoms with van der Waals surface area (Å²) >= 11 is 7.09. The van der Waals surface area contributed by atoms with Gasteiger partial charge in [0.15, 0.2) is 5.17 Å². The highest BCUT2D eigenvalue weighted by atomic mass is 35.5. The lowest BCUT2D eigenvalue weighted by Gasteiger charge is -2.07. The molecule has 1 fully saturated rings. The van der Waals surface area contributed by atoms with Crippen LogP contribution >= 0.6 is 23.4 Å². The van der Waals surface area contributed by atoms with Crippen molar-refractivity contribution in [1.29, 1.82) is 0 Å². The molecule has 2 N–H and O–H groups in total. The Labute approximate surface area is 158 Å². The van der Waals surface area contributed by atoms with Gasteiger partial charge in [-0.15, -0.1) is 0 Å². The summed E-state index contributed by atoms with van der Waals surface area (Å²) in [7, 11) is 1.60. The quantitative estimate of drug-likeness (QED) is 0.776. The van der Waals surface area contributed by atoms with E-state index < -0.39 is 5.97 Å². The molecule has 1 heterocycles. The number of carboxylic acid groups (broad SMARTS) is 1. The highest BCUT2D eigenvalue weighted by molar-refractivity contribution is 8.18. The maximum Gasteiger partial charge on any atom is 0.335 e. The number of benzene rings is 2. The third-order valence-electron chi connectivity index (χ3n) is 3.62. The molecule has 2 aromatic rings. The first-order valence-corrected chi connectivity index (χ1v) is 8.63. The molecule has 1 aliphatic rings. The van der Waals surface area contributed by atoms with E-state index in [1.54, 1.807) is 37.4 Å². The van der Waals surface area contributed by atoms with Crippen molar-refractivity contribution in [3.63, 3.8) is 0 Å². The van der Waals surface area contributed by atoms with Gasteiger partial charge < -0.3 is 10.2 Å². The van der Waals surface area contributed by atoms with E-state index in [-0.39, 0.29) is 17.2 Å². The van der Waals surface area contributed by atoms with E-state index in [0.29, 0.717) is 26.3 Å². The topological polar surface area (TPSA) is 90.2 Å². The van der Waals surface area contributed by atoms with Crippen LogP contribution < -0.4 is 0 Å². The lowest BCUT2D eigenvalue weighted by molar-refractivity contribution is -0.121. The number of halogens is 1. The smallest absolute Gasteiger partial charge is 0.335 e. The van der Waals surface area contributed by atoms with Gasteiger partial charge in [0.25, 0.3) is 5.91 Å². The van der Waals surface area contributed by atoms with Gasteiger partial charge in [0.1, 0.15) is 5.75 Å². The fourth-order valence-electron chi connectivity index (χ4n) is 2.22. The van der Waals surface area contributed by atoms with Gasteiger partial charge in [-0.05, 0) is 60.3 Å². The fraction of sp³-hybridized carbons (Fsp3) is 0.0556. The summed E-state index contributed by atoms with van der Waals surface area (Å²) in [6.45, 7) is 0. The number of thioether (sulfide) groups is 1. The zero-order valence-corrected chi connectivity index (χ0v) is 15.1. The van der Waals surface area contributed by atoms with E-state index in [1.807, 2.05) is 0 Å². The Balaban J connectivity index is 1.89. The molecule has 0 unspecified atom stereocenters. The summed E-state index contributed by atoms with van der Waals surface area (Å²) in [4.78, 5) is 29.5. The summed E-state index contributed by atoms with van der Waals surface area (Å²) in [5, 5.41) is 19.7. The summed E-state index contributed by atoms with van der Waals surface area (Å²) in [5.74, 6) is -1.25. The molecule has 1 amide bonds. The number of rotatable bonds is 3. The lowest BCUT2D eigenvalue weighted by atomic mass is 10.2. The fourth-order valence-corrected chi connectivity index (χ4v) is 3.38. The number of hydrogen-bond donors (Lipinski definition) is 2. The molecule has 1 aliphatic heterocycles. The molecule has 6 nitrogen and oxygen atoms in total. The highest BCUT2D eigenvalue weighted by Gasteiger charge is 2.30. The molecule has 8 heteroatoms. The predicted octanol–water partition coefficient (Wildman–Crippen LogP) is 3.98. The van der Waals surface area contributed by atoms with Gasteiger partial charge in [-0.1, -0.05) is 11.6 Å². The molecule has 3 rings (SSSR count). The minimum Gasteiger partial charge on any atom is -0.507 e. The van der Waals surface area contributed by atoms with Crippen molar-refractivity contribution in [2.24, 2.45) is 4.99 Å². The van der Waals surface area contributed by atoms with Crippen LogP contribution in [0.25, 0.3) is 6.08 Å². The van der Waals surface area contributed by atoms with Gasteiger partial charge in [0.2, 0.25) is 0 Å². The summed E-state index contributed by atoms with van der Waals surface area (Å²) in [6, 6.07) is 10.6. The predicted molar refractivity (Wildman–Crippen MR) is 102 cm³/mol. The Morgan fingerprint density at radius 1 is 1.23 bits per heavy atom. The Morgan fingerprint density at radius 2 is 1.92 bits per heavy atom. The number of hydrogen-bond acceptors (Lipinski definition) is 5. The number of likely N-dealkylation sites (N-methyl/N-ethyl adjacent to an activating group) is 1. The first-order chi connectivity index (χ1) is 12.3. The van der Waals surface area contributed by atoms with Crippen molar-refractivity contribution in [2.75, 3.05) is 7.05 Å². The van der Waals surface area contributed by atoms with Crippen LogP contribution in [-0.2, 0) is 4.79 Å². The molecule has 0 radical (unpaired) electrons. The lowest BCUT2D eigenvalue weighted by Crippen LogP contribution is -2.23. The van der Waals surface area contributed by atoms with Crippen LogP contribution in [0, 0.1) is 0 Å². The van der Waals surface area contributed by atoms with Crippen molar-refractivity contribution in [3.05, 3.63) is 63.5 Å². The number of phenols is 1. The highest BCUT2D eigenvalue weighted by Crippen LogP contribution is 2.35.